The second-order valence-corrected chi connectivity index (χ2v) is 4.89. The molecule has 2 aromatic rings. The van der Waals surface area contributed by atoms with Crippen molar-refractivity contribution < 1.29 is 14.9 Å². The summed E-state index contributed by atoms with van der Waals surface area (Å²) >= 11 is 0. The van der Waals surface area contributed by atoms with E-state index in [1.807, 2.05) is 6.07 Å². The van der Waals surface area contributed by atoms with Crippen LogP contribution in [-0.2, 0) is 4.74 Å². The molecular formula is C11H12N9O3+. The van der Waals surface area contributed by atoms with E-state index in [1.165, 1.54) is 17.2 Å². The second-order valence-electron chi connectivity index (χ2n) is 4.89. The Balaban J connectivity index is 2.13. The summed E-state index contributed by atoms with van der Waals surface area (Å²) in [6, 6.07) is 1.91. The van der Waals surface area contributed by atoms with Crippen LogP contribution in [0.4, 0.5) is 5.82 Å². The largest absolute Gasteiger partial charge is 0.391 e. The van der Waals surface area contributed by atoms with Crippen molar-refractivity contribution in [2.24, 2.45) is 11.0 Å². The van der Waals surface area contributed by atoms with Crippen molar-refractivity contribution in [1.29, 1.82) is 10.8 Å². The molecule has 4 atom stereocenters. The third-order valence-corrected chi connectivity index (χ3v) is 3.69. The molecule has 1 aliphatic rings. The molecule has 2 aromatic heterocycles. The molecule has 12 heteroatoms. The van der Waals surface area contributed by atoms with Crippen LogP contribution < -0.4 is 10.6 Å². The van der Waals surface area contributed by atoms with Gasteiger partial charge in [-0.1, -0.05) is 0 Å². The van der Waals surface area contributed by atoms with Gasteiger partial charge in [-0.05, 0) is 0 Å². The zero-order valence-corrected chi connectivity index (χ0v) is 11.6. The van der Waals surface area contributed by atoms with Gasteiger partial charge in [-0.3, -0.25) is 4.57 Å². The number of nitriles is 1. The highest BCUT2D eigenvalue weighted by Crippen LogP contribution is 2.42. The van der Waals surface area contributed by atoms with E-state index >= 15 is 0 Å². The van der Waals surface area contributed by atoms with Crippen LogP contribution in [0.5, 0.6) is 0 Å². The van der Waals surface area contributed by atoms with Crippen LogP contribution >= 0.6 is 0 Å². The summed E-state index contributed by atoms with van der Waals surface area (Å²) in [5.74, 6) is -0.943. The fourth-order valence-corrected chi connectivity index (χ4v) is 2.54. The number of imidazole rings is 1. The van der Waals surface area contributed by atoms with Gasteiger partial charge in [0.1, 0.15) is 36.0 Å². The smallest absolute Gasteiger partial charge is 0.294 e. The number of rotatable bonds is 3. The lowest BCUT2D eigenvalue weighted by Crippen LogP contribution is -2.43. The molecule has 3 heterocycles. The molecule has 0 aromatic carbocycles. The van der Waals surface area contributed by atoms with E-state index in [-0.39, 0.29) is 5.82 Å². The van der Waals surface area contributed by atoms with Crippen LogP contribution in [0.15, 0.2) is 17.8 Å². The SMILES string of the molecule is N#C[C@@H]1[C@H](n2cnc3c(N)ncnc32)O[C@@](CO)(N=[N+]=N)[C@H]1O. The van der Waals surface area contributed by atoms with Gasteiger partial charge < -0.3 is 20.7 Å². The van der Waals surface area contributed by atoms with Gasteiger partial charge in [0, 0.05) is 0 Å². The lowest BCUT2D eigenvalue weighted by Gasteiger charge is -2.18. The first kappa shape index (κ1) is 14.9. The van der Waals surface area contributed by atoms with Crippen molar-refractivity contribution in [3.63, 3.8) is 0 Å². The Hall–Kier alpha value is -2.97. The molecule has 5 N–H and O–H groups in total. The van der Waals surface area contributed by atoms with Crippen LogP contribution in [-0.4, -0.2) is 48.2 Å². The summed E-state index contributed by atoms with van der Waals surface area (Å²) in [4.78, 5) is 14.7. The third-order valence-electron chi connectivity index (χ3n) is 3.69. The van der Waals surface area contributed by atoms with Crippen LogP contribution in [0.1, 0.15) is 6.23 Å². The van der Waals surface area contributed by atoms with E-state index in [0.717, 1.165) is 0 Å². The van der Waals surface area contributed by atoms with Gasteiger partial charge in [0.25, 0.3) is 5.72 Å². The Kier molecular flexibility index (Phi) is 3.47. The molecule has 0 spiro atoms. The van der Waals surface area contributed by atoms with E-state index in [4.69, 9.17) is 16.0 Å². The number of aliphatic hydroxyl groups is 2. The standard InChI is InChI=1S/C11H12N9O3/c12-1-5-7(22)11(2-21,18-19-14)23-10(5)20-4-17-6-8(13)15-3-16-9(6)20/h3-5,7,10,14,21-22H,2H2,(H2,13,15,16)/q+1/t5-,7-,10+,11+/m0/s1. The van der Waals surface area contributed by atoms with Crippen molar-refractivity contribution in [2.45, 2.75) is 18.1 Å². The Morgan fingerprint density at radius 1 is 1.57 bits per heavy atom. The summed E-state index contributed by atoms with van der Waals surface area (Å²) in [5, 5.41) is 32.6. The molecule has 0 aliphatic carbocycles. The third kappa shape index (κ3) is 2.04. The molecule has 0 amide bonds. The number of aliphatic hydroxyl groups excluding tert-OH is 2. The maximum absolute atomic E-state index is 10.3. The molecule has 0 bridgehead atoms. The lowest BCUT2D eigenvalue weighted by atomic mass is 9.98. The van der Waals surface area contributed by atoms with E-state index in [2.05, 4.69) is 25.0 Å². The van der Waals surface area contributed by atoms with Crippen molar-refractivity contribution >= 4 is 17.0 Å². The molecule has 0 unspecified atom stereocenters. The predicted molar refractivity (Wildman–Crippen MR) is 72.1 cm³/mol. The maximum Gasteiger partial charge on any atom is 0.294 e. The number of ether oxygens (including phenoxy) is 1. The van der Waals surface area contributed by atoms with Gasteiger partial charge in [-0.2, -0.15) is 5.26 Å². The fraction of sp³-hybridized carbons (Fsp3) is 0.455. The first-order valence-corrected chi connectivity index (χ1v) is 6.46. The van der Waals surface area contributed by atoms with Crippen LogP contribution in [0.2, 0.25) is 0 Å². The molecule has 1 aliphatic heterocycles. The Morgan fingerprint density at radius 2 is 2.35 bits per heavy atom. The number of anilines is 1. The molecular weight excluding hydrogens is 306 g/mol. The van der Waals surface area contributed by atoms with Gasteiger partial charge in [0.15, 0.2) is 22.8 Å². The Labute approximate surface area is 128 Å². The number of aromatic nitrogens is 4. The van der Waals surface area contributed by atoms with Crippen LogP contribution in [0.3, 0.4) is 0 Å². The summed E-state index contributed by atoms with van der Waals surface area (Å²) in [5.41, 5.74) is 11.2. The van der Waals surface area contributed by atoms with Crippen molar-refractivity contribution in [3.05, 3.63) is 12.7 Å². The highest BCUT2D eigenvalue weighted by molar-refractivity contribution is 5.81. The number of fused-ring (bicyclic) bond motifs is 1. The van der Waals surface area contributed by atoms with Crippen molar-refractivity contribution in [3.8, 4) is 6.07 Å². The van der Waals surface area contributed by atoms with E-state index in [9.17, 15) is 15.5 Å². The number of nitrogens with one attached hydrogen (secondary N) is 1. The molecule has 118 valence electrons. The summed E-state index contributed by atoms with van der Waals surface area (Å²) in [6.07, 6.45) is 0.0221. The zero-order valence-electron chi connectivity index (χ0n) is 11.6. The predicted octanol–water partition coefficient (Wildman–Crippen LogP) is -1.32. The summed E-state index contributed by atoms with van der Waals surface area (Å²) in [6.45, 7) is -0.755. The molecule has 12 nitrogen and oxygen atoms in total. The van der Waals surface area contributed by atoms with Gasteiger partial charge in [0.05, 0.1) is 12.4 Å². The first-order valence-electron chi connectivity index (χ1n) is 6.46. The minimum atomic E-state index is -1.90. The molecule has 1 fully saturated rings. The molecule has 1 saturated heterocycles. The highest BCUT2D eigenvalue weighted by Gasteiger charge is 2.60. The fourth-order valence-electron chi connectivity index (χ4n) is 2.54. The summed E-state index contributed by atoms with van der Waals surface area (Å²) in [7, 11) is 0. The molecule has 23 heavy (non-hydrogen) atoms. The number of hydrogen-bond donors (Lipinski definition) is 4. The average molecular weight is 318 g/mol. The van der Waals surface area contributed by atoms with Gasteiger partial charge >= 0.3 is 0 Å². The van der Waals surface area contributed by atoms with E-state index < -0.39 is 30.6 Å². The average Bonchev–Trinajstić information content (AvgIpc) is 3.09. The van der Waals surface area contributed by atoms with Crippen molar-refractivity contribution in [2.75, 3.05) is 12.3 Å². The van der Waals surface area contributed by atoms with Gasteiger partial charge in [0.2, 0.25) is 4.91 Å². The summed E-state index contributed by atoms with van der Waals surface area (Å²) < 4.78 is 6.96. The van der Waals surface area contributed by atoms with Gasteiger partial charge in [-0.15, -0.1) is 0 Å². The van der Waals surface area contributed by atoms with E-state index in [1.54, 1.807) is 0 Å². The number of nitrogens with two attached hydrogens (primary N) is 1. The number of nitrogens with zero attached hydrogens (tertiary/aromatic N) is 7. The quantitative estimate of drug-likeness (QED) is 0.395. The number of nitrogen functional groups attached to an aromatic ring is 1. The van der Waals surface area contributed by atoms with Crippen LogP contribution in [0, 0.1) is 22.8 Å². The van der Waals surface area contributed by atoms with Crippen molar-refractivity contribution in [1.82, 2.24) is 24.4 Å². The second kappa shape index (κ2) is 5.34. The normalized spacial score (nSPS) is 30.0. The van der Waals surface area contributed by atoms with E-state index in [0.29, 0.717) is 11.2 Å². The highest BCUT2D eigenvalue weighted by atomic mass is 16.6. The Bertz CT molecular complexity index is 839. The first-order chi connectivity index (χ1) is 11.1. The van der Waals surface area contributed by atoms with Gasteiger partial charge in [-0.25, -0.2) is 15.0 Å². The zero-order chi connectivity index (χ0) is 16.6. The topological polar surface area (TPSA) is 193 Å². The van der Waals surface area contributed by atoms with Crippen LogP contribution in [0.25, 0.3) is 11.2 Å². The Morgan fingerprint density at radius 3 is 3.00 bits per heavy atom. The molecule has 3 rings (SSSR count). The monoisotopic (exact) mass is 318 g/mol. The number of hydrogen-bond acceptors (Lipinski definition) is 10. The maximum atomic E-state index is 10.3. The minimum absolute atomic E-state index is 0.153. The minimum Gasteiger partial charge on any atom is -0.391 e. The lowest BCUT2D eigenvalue weighted by molar-refractivity contribution is -0.126. The molecule has 0 radical (unpaired) electrons. The molecule has 0 saturated carbocycles.